The molecule has 0 rings (SSSR count). The predicted octanol–water partition coefficient (Wildman–Crippen LogP) is 23.5. The van der Waals surface area contributed by atoms with Gasteiger partial charge in [-0.05, 0) is 89.1 Å². The molecule has 0 aliphatic carbocycles. The van der Waals surface area contributed by atoms with E-state index in [9.17, 15) is 4.79 Å². The van der Waals surface area contributed by atoms with Crippen molar-refractivity contribution in [3.8, 4) is 0 Å². The Hall–Kier alpha value is -0.890. The van der Waals surface area contributed by atoms with Crippen LogP contribution < -0.4 is 0 Å². The van der Waals surface area contributed by atoms with E-state index in [2.05, 4.69) is 80.2 Å². The Morgan fingerprint density at radius 3 is 1.06 bits per heavy atom. The van der Waals surface area contributed by atoms with Crippen molar-refractivity contribution in [2.75, 3.05) is 20.1 Å². The maximum atomic E-state index is 12.1. The SMILES string of the molecule is C=C.C=C(CCCCCCCCC)CCCCCCCCC.CCCCCCCCCC(=O)CCCCCCCCCCCCC(CC)CC(C)CN(C)CCCC(CCCC)CCCCCC. The molecular formula is C66H133NO. The summed E-state index contributed by atoms with van der Waals surface area (Å²) in [6.45, 7) is 29.3. The van der Waals surface area contributed by atoms with Gasteiger partial charge in [0.25, 0.3) is 0 Å². The maximum Gasteiger partial charge on any atom is 0.132 e. The lowest BCUT2D eigenvalue weighted by Crippen LogP contribution is -2.27. The van der Waals surface area contributed by atoms with Crippen LogP contribution in [-0.4, -0.2) is 30.8 Å². The summed E-state index contributed by atoms with van der Waals surface area (Å²) in [6.07, 6.45) is 65.2. The summed E-state index contributed by atoms with van der Waals surface area (Å²) in [5, 5.41) is 0. The molecule has 68 heavy (non-hydrogen) atoms. The fraction of sp³-hybridized carbons (Fsp3) is 0.924. The molecule has 0 aromatic rings. The van der Waals surface area contributed by atoms with Crippen LogP contribution in [0.15, 0.2) is 25.3 Å². The molecule has 0 radical (unpaired) electrons. The van der Waals surface area contributed by atoms with Gasteiger partial charge in [0, 0.05) is 19.4 Å². The Bertz CT molecular complexity index is 921. The number of unbranched alkanes of at least 4 members (excludes halogenated alkanes) is 31. The van der Waals surface area contributed by atoms with Crippen LogP contribution in [0, 0.1) is 17.8 Å². The highest BCUT2D eigenvalue weighted by molar-refractivity contribution is 5.78. The van der Waals surface area contributed by atoms with Crippen molar-refractivity contribution in [3.63, 3.8) is 0 Å². The van der Waals surface area contributed by atoms with Crippen molar-refractivity contribution in [2.45, 2.75) is 357 Å². The van der Waals surface area contributed by atoms with Gasteiger partial charge in [-0.3, -0.25) is 4.79 Å². The van der Waals surface area contributed by atoms with E-state index in [-0.39, 0.29) is 0 Å². The second kappa shape index (κ2) is 62.2. The van der Waals surface area contributed by atoms with Crippen molar-refractivity contribution in [1.29, 1.82) is 0 Å². The second-order valence-corrected chi connectivity index (χ2v) is 22.4. The minimum absolute atomic E-state index is 0.519. The maximum absolute atomic E-state index is 12.1. The molecule has 0 aliphatic heterocycles. The molecule has 0 aliphatic rings. The van der Waals surface area contributed by atoms with Gasteiger partial charge < -0.3 is 4.90 Å². The van der Waals surface area contributed by atoms with Gasteiger partial charge in [0.2, 0.25) is 0 Å². The number of ketones is 1. The highest BCUT2D eigenvalue weighted by atomic mass is 16.1. The van der Waals surface area contributed by atoms with E-state index in [1.807, 2.05) is 0 Å². The average molecular weight is 957 g/mol. The first-order chi connectivity index (χ1) is 33.3. The molecule has 0 aromatic carbocycles. The lowest BCUT2D eigenvalue weighted by molar-refractivity contribution is -0.119. The Morgan fingerprint density at radius 1 is 0.382 bits per heavy atom. The van der Waals surface area contributed by atoms with Crippen LogP contribution in [0.25, 0.3) is 0 Å². The summed E-state index contributed by atoms with van der Waals surface area (Å²) in [5.74, 6) is 3.24. The van der Waals surface area contributed by atoms with Crippen LogP contribution in [0.2, 0.25) is 0 Å². The molecule has 0 N–H and O–H groups in total. The first-order valence-electron chi connectivity index (χ1n) is 31.6. The van der Waals surface area contributed by atoms with E-state index in [4.69, 9.17) is 0 Å². The third-order valence-corrected chi connectivity index (χ3v) is 15.2. The number of nitrogens with zero attached hydrogens (tertiary/aromatic N) is 1. The lowest BCUT2D eigenvalue weighted by atomic mass is 9.88. The molecular weight excluding hydrogens is 823 g/mol. The van der Waals surface area contributed by atoms with Crippen LogP contribution in [0.1, 0.15) is 357 Å². The van der Waals surface area contributed by atoms with E-state index in [0.717, 1.165) is 43.4 Å². The standard InChI is InChI=1S/C44H89NO.C20H40.C2H4/c1-7-11-14-16-21-25-29-36-44(46)37-30-26-23-20-18-17-19-22-24-28-33-42(10-4)39-41(5)40-45(6)38-31-35-43(32-13-9-3)34-27-15-12-8-2;1-4-6-8-10-12-14-16-18-20(3)19-17-15-13-11-9-7-5-2;1-2/h41-43H,7-40H2,1-6H3;3-19H2,1-2H3;1-2H2. The molecule has 0 fully saturated rings. The summed E-state index contributed by atoms with van der Waals surface area (Å²) in [4.78, 5) is 14.8. The topological polar surface area (TPSA) is 20.3 Å². The van der Waals surface area contributed by atoms with Gasteiger partial charge in [-0.2, -0.15) is 0 Å². The molecule has 0 amide bonds. The van der Waals surface area contributed by atoms with E-state index >= 15 is 0 Å². The predicted molar refractivity (Wildman–Crippen MR) is 315 cm³/mol. The zero-order valence-electron chi connectivity index (χ0n) is 49.1. The van der Waals surface area contributed by atoms with E-state index < -0.39 is 0 Å². The fourth-order valence-corrected chi connectivity index (χ4v) is 10.6. The lowest BCUT2D eigenvalue weighted by Gasteiger charge is -2.25. The number of rotatable bonds is 54. The van der Waals surface area contributed by atoms with Crippen LogP contribution in [-0.2, 0) is 4.79 Å². The average Bonchev–Trinajstić information content (AvgIpc) is 3.34. The molecule has 0 aromatic heterocycles. The number of carbonyl (C=O) groups is 1. The summed E-state index contributed by atoms with van der Waals surface area (Å²) >= 11 is 0. The van der Waals surface area contributed by atoms with Crippen molar-refractivity contribution in [2.24, 2.45) is 17.8 Å². The largest absolute Gasteiger partial charge is 0.306 e. The Labute approximate surface area is 433 Å². The number of hydrogen-bond donors (Lipinski definition) is 0. The monoisotopic (exact) mass is 956 g/mol. The molecule has 2 nitrogen and oxygen atoms in total. The summed E-state index contributed by atoms with van der Waals surface area (Å²) in [5.41, 5.74) is 1.51. The third-order valence-electron chi connectivity index (χ3n) is 15.2. The fourth-order valence-electron chi connectivity index (χ4n) is 10.6. The Kier molecular flexibility index (Phi) is 65.3. The van der Waals surface area contributed by atoms with Crippen LogP contribution in [0.4, 0.5) is 0 Å². The quantitative estimate of drug-likeness (QED) is 0.0447. The van der Waals surface area contributed by atoms with Gasteiger partial charge in [0.15, 0.2) is 0 Å². The van der Waals surface area contributed by atoms with E-state index in [0.29, 0.717) is 5.78 Å². The Morgan fingerprint density at radius 2 is 0.676 bits per heavy atom. The molecule has 0 saturated heterocycles. The van der Waals surface area contributed by atoms with Crippen molar-refractivity contribution in [3.05, 3.63) is 25.3 Å². The van der Waals surface area contributed by atoms with E-state index in [1.165, 1.54) is 301 Å². The second-order valence-electron chi connectivity index (χ2n) is 22.4. The highest BCUT2D eigenvalue weighted by Gasteiger charge is 2.15. The smallest absolute Gasteiger partial charge is 0.132 e. The zero-order valence-corrected chi connectivity index (χ0v) is 49.1. The first kappa shape index (κ1) is 71.4. The molecule has 3 atom stereocenters. The summed E-state index contributed by atoms with van der Waals surface area (Å²) < 4.78 is 0. The zero-order chi connectivity index (χ0) is 50.8. The molecule has 3 unspecified atom stereocenters. The van der Waals surface area contributed by atoms with Gasteiger partial charge in [-0.25, -0.2) is 0 Å². The van der Waals surface area contributed by atoms with Gasteiger partial charge >= 0.3 is 0 Å². The normalized spacial score (nSPS) is 12.6. The van der Waals surface area contributed by atoms with Crippen LogP contribution in [0.5, 0.6) is 0 Å². The van der Waals surface area contributed by atoms with Crippen LogP contribution >= 0.6 is 0 Å². The molecule has 2 heteroatoms. The highest BCUT2D eigenvalue weighted by Crippen LogP contribution is 2.25. The number of allylic oxidation sites excluding steroid dienone is 1. The van der Waals surface area contributed by atoms with Gasteiger partial charge in [-0.15, -0.1) is 13.2 Å². The minimum Gasteiger partial charge on any atom is -0.306 e. The van der Waals surface area contributed by atoms with Gasteiger partial charge in [0.05, 0.1) is 0 Å². The van der Waals surface area contributed by atoms with Gasteiger partial charge in [0.1, 0.15) is 5.78 Å². The molecule has 0 spiro atoms. The first-order valence-corrected chi connectivity index (χ1v) is 31.6. The number of carbonyl (C=O) groups excluding carboxylic acids is 1. The third kappa shape index (κ3) is 59.4. The summed E-state index contributed by atoms with van der Waals surface area (Å²) in [7, 11) is 2.37. The van der Waals surface area contributed by atoms with E-state index in [1.54, 1.807) is 0 Å². The Balaban J connectivity index is -0.00000160. The number of hydrogen-bond acceptors (Lipinski definition) is 2. The number of Topliss-reactive ketones (excluding diaryl/α,β-unsaturated/α-hetero) is 1. The van der Waals surface area contributed by atoms with Crippen molar-refractivity contribution in [1.82, 2.24) is 4.90 Å². The molecule has 408 valence electrons. The molecule has 0 heterocycles. The summed E-state index contributed by atoms with van der Waals surface area (Å²) in [6, 6.07) is 0. The molecule has 0 bridgehead atoms. The van der Waals surface area contributed by atoms with Crippen molar-refractivity contribution < 1.29 is 4.79 Å². The van der Waals surface area contributed by atoms with Crippen molar-refractivity contribution >= 4 is 5.78 Å². The van der Waals surface area contributed by atoms with Gasteiger partial charge in [-0.1, -0.05) is 298 Å². The molecule has 0 saturated carbocycles. The van der Waals surface area contributed by atoms with Crippen LogP contribution in [0.3, 0.4) is 0 Å². The minimum atomic E-state index is 0.519.